The van der Waals surface area contributed by atoms with Crippen molar-refractivity contribution in [1.82, 2.24) is 20.1 Å². The molecule has 0 bridgehead atoms. The highest BCUT2D eigenvalue weighted by atomic mass is 19.1. The van der Waals surface area contributed by atoms with Gasteiger partial charge >= 0.3 is 0 Å². The molecule has 2 aliphatic rings. The maximum Gasteiger partial charge on any atom is 0.256 e. The number of piperazine rings is 1. The van der Waals surface area contributed by atoms with Gasteiger partial charge in [-0.15, -0.1) is 0 Å². The standard InChI is InChI=1S/C24H25FN4O2/c25-20-7-2-1-4-16(20)14-22(30)29-11-8-17-18-5-3-6-19(23(18)27-21(17)15-29)24(31)28-12-9-26-10-13-28/h1-7,26-27H,8-15H2. The topological polar surface area (TPSA) is 68.4 Å². The number of para-hydroxylation sites is 1. The molecule has 3 heterocycles. The lowest BCUT2D eigenvalue weighted by molar-refractivity contribution is -0.131. The molecule has 31 heavy (non-hydrogen) atoms. The summed E-state index contributed by atoms with van der Waals surface area (Å²) in [4.78, 5) is 33.0. The Morgan fingerprint density at radius 3 is 2.58 bits per heavy atom. The molecule has 1 saturated heterocycles. The molecule has 6 nitrogen and oxygen atoms in total. The second-order valence-electron chi connectivity index (χ2n) is 8.19. The summed E-state index contributed by atoms with van der Waals surface area (Å²) in [6.45, 7) is 4.05. The number of rotatable bonds is 3. The number of hydrogen-bond acceptors (Lipinski definition) is 3. The quantitative estimate of drug-likeness (QED) is 0.684. The number of aromatic nitrogens is 1. The van der Waals surface area contributed by atoms with Gasteiger partial charge in [-0.25, -0.2) is 4.39 Å². The Kier molecular flexibility index (Phi) is 5.19. The van der Waals surface area contributed by atoms with Crippen LogP contribution in [0.4, 0.5) is 4.39 Å². The first kappa shape index (κ1) is 19.8. The van der Waals surface area contributed by atoms with Gasteiger partial charge in [0.1, 0.15) is 5.82 Å². The number of fused-ring (bicyclic) bond motifs is 3. The van der Waals surface area contributed by atoms with E-state index >= 15 is 0 Å². The molecule has 0 unspecified atom stereocenters. The van der Waals surface area contributed by atoms with Crippen molar-refractivity contribution in [2.24, 2.45) is 0 Å². The van der Waals surface area contributed by atoms with Crippen LogP contribution in [0.2, 0.25) is 0 Å². The van der Waals surface area contributed by atoms with E-state index in [-0.39, 0.29) is 24.1 Å². The van der Waals surface area contributed by atoms with E-state index in [4.69, 9.17) is 0 Å². The average Bonchev–Trinajstić information content (AvgIpc) is 3.18. The number of H-pyrrole nitrogens is 1. The molecule has 5 rings (SSSR count). The van der Waals surface area contributed by atoms with Crippen molar-refractivity contribution in [3.8, 4) is 0 Å². The molecule has 2 amide bonds. The minimum absolute atomic E-state index is 0.0400. The van der Waals surface area contributed by atoms with Crippen LogP contribution in [0.3, 0.4) is 0 Å². The van der Waals surface area contributed by atoms with Gasteiger partial charge in [0.15, 0.2) is 0 Å². The van der Waals surface area contributed by atoms with Crippen LogP contribution in [0.25, 0.3) is 10.9 Å². The van der Waals surface area contributed by atoms with E-state index in [2.05, 4.69) is 10.3 Å². The number of amides is 2. The first-order valence-corrected chi connectivity index (χ1v) is 10.8. The fraction of sp³-hybridized carbons (Fsp3) is 0.333. The molecule has 0 saturated carbocycles. The van der Waals surface area contributed by atoms with Crippen LogP contribution in [0.1, 0.15) is 27.2 Å². The summed E-state index contributed by atoms with van der Waals surface area (Å²) in [7, 11) is 0. The summed E-state index contributed by atoms with van der Waals surface area (Å²) in [6, 6.07) is 12.2. The number of carbonyl (C=O) groups is 2. The lowest BCUT2D eigenvalue weighted by atomic mass is 10.0. The van der Waals surface area contributed by atoms with Crippen LogP contribution < -0.4 is 5.32 Å². The molecule has 1 aromatic heterocycles. The maximum absolute atomic E-state index is 14.0. The third-order valence-corrected chi connectivity index (χ3v) is 6.30. The fourth-order valence-corrected chi connectivity index (χ4v) is 4.61. The summed E-state index contributed by atoms with van der Waals surface area (Å²) in [5, 5.41) is 4.32. The second-order valence-corrected chi connectivity index (χ2v) is 8.19. The summed E-state index contributed by atoms with van der Waals surface area (Å²) >= 11 is 0. The van der Waals surface area contributed by atoms with Crippen molar-refractivity contribution in [2.75, 3.05) is 32.7 Å². The van der Waals surface area contributed by atoms with Crippen molar-refractivity contribution >= 4 is 22.7 Å². The Labute approximate surface area is 180 Å². The lowest BCUT2D eigenvalue weighted by Crippen LogP contribution is -2.46. The van der Waals surface area contributed by atoms with Crippen molar-refractivity contribution in [3.05, 3.63) is 70.7 Å². The predicted octanol–water partition coefficient (Wildman–Crippen LogP) is 2.48. The van der Waals surface area contributed by atoms with Gasteiger partial charge in [-0.05, 0) is 29.7 Å². The summed E-state index contributed by atoms with van der Waals surface area (Å²) in [6.07, 6.45) is 0.762. The van der Waals surface area contributed by atoms with E-state index in [0.717, 1.165) is 29.7 Å². The molecule has 2 N–H and O–H groups in total. The van der Waals surface area contributed by atoms with Crippen LogP contribution in [0.15, 0.2) is 42.5 Å². The normalized spacial score (nSPS) is 16.4. The van der Waals surface area contributed by atoms with Gasteiger partial charge in [0.05, 0.1) is 24.0 Å². The lowest BCUT2D eigenvalue weighted by Gasteiger charge is -2.27. The number of aromatic amines is 1. The van der Waals surface area contributed by atoms with Crippen molar-refractivity contribution in [1.29, 1.82) is 0 Å². The molecule has 1 fully saturated rings. The molecule has 2 aromatic carbocycles. The molecule has 0 radical (unpaired) electrons. The van der Waals surface area contributed by atoms with Crippen molar-refractivity contribution in [2.45, 2.75) is 19.4 Å². The molecular weight excluding hydrogens is 395 g/mol. The van der Waals surface area contributed by atoms with Gasteiger partial charge in [0.2, 0.25) is 5.91 Å². The molecule has 7 heteroatoms. The molecule has 0 atom stereocenters. The zero-order valence-corrected chi connectivity index (χ0v) is 17.3. The minimum Gasteiger partial charge on any atom is -0.356 e. The first-order chi connectivity index (χ1) is 15.1. The monoisotopic (exact) mass is 420 g/mol. The van der Waals surface area contributed by atoms with Gasteiger partial charge < -0.3 is 20.1 Å². The summed E-state index contributed by atoms with van der Waals surface area (Å²) in [5.74, 6) is -0.403. The Balaban J connectivity index is 1.40. The molecule has 0 aliphatic carbocycles. The molecule has 0 spiro atoms. The van der Waals surface area contributed by atoms with Crippen LogP contribution in [0.5, 0.6) is 0 Å². The van der Waals surface area contributed by atoms with Crippen LogP contribution in [-0.2, 0) is 24.2 Å². The number of nitrogens with zero attached hydrogens (tertiary/aromatic N) is 2. The van der Waals surface area contributed by atoms with Gasteiger partial charge in [-0.1, -0.05) is 30.3 Å². The van der Waals surface area contributed by atoms with E-state index in [1.165, 1.54) is 11.6 Å². The Bertz CT molecular complexity index is 1150. The highest BCUT2D eigenvalue weighted by Gasteiger charge is 2.27. The maximum atomic E-state index is 14.0. The van der Waals surface area contributed by atoms with Crippen LogP contribution in [-0.4, -0.2) is 59.3 Å². The Morgan fingerprint density at radius 1 is 0.968 bits per heavy atom. The molecule has 160 valence electrons. The van der Waals surface area contributed by atoms with Crippen molar-refractivity contribution in [3.63, 3.8) is 0 Å². The summed E-state index contributed by atoms with van der Waals surface area (Å²) in [5.41, 5.74) is 4.07. The van der Waals surface area contributed by atoms with Gasteiger partial charge in [0, 0.05) is 43.8 Å². The predicted molar refractivity (Wildman–Crippen MR) is 116 cm³/mol. The second kappa shape index (κ2) is 8.15. The van der Waals surface area contributed by atoms with E-state index in [0.29, 0.717) is 43.7 Å². The van der Waals surface area contributed by atoms with Gasteiger partial charge in [-0.3, -0.25) is 9.59 Å². The zero-order valence-electron chi connectivity index (χ0n) is 17.3. The first-order valence-electron chi connectivity index (χ1n) is 10.8. The van der Waals surface area contributed by atoms with Crippen LogP contribution >= 0.6 is 0 Å². The third-order valence-electron chi connectivity index (χ3n) is 6.30. The van der Waals surface area contributed by atoms with Crippen LogP contribution in [0, 0.1) is 5.82 Å². The SMILES string of the molecule is O=C(Cc1ccccc1F)N1CCc2c([nH]c3c(C(=O)N4CCNCC4)cccc23)C1. The zero-order chi connectivity index (χ0) is 21.4. The Morgan fingerprint density at radius 2 is 1.77 bits per heavy atom. The fourth-order valence-electron chi connectivity index (χ4n) is 4.61. The Hall–Kier alpha value is -3.19. The van der Waals surface area contributed by atoms with Crippen molar-refractivity contribution < 1.29 is 14.0 Å². The van der Waals surface area contributed by atoms with E-state index < -0.39 is 0 Å². The minimum atomic E-state index is -0.352. The number of carbonyl (C=O) groups excluding carboxylic acids is 2. The average molecular weight is 420 g/mol. The third kappa shape index (κ3) is 3.70. The largest absolute Gasteiger partial charge is 0.356 e. The molecular formula is C24H25FN4O2. The molecule has 2 aliphatic heterocycles. The van der Waals surface area contributed by atoms with Gasteiger partial charge in [0.25, 0.3) is 5.91 Å². The number of benzene rings is 2. The van der Waals surface area contributed by atoms with E-state index in [1.807, 2.05) is 23.1 Å². The van der Waals surface area contributed by atoms with E-state index in [1.54, 1.807) is 23.1 Å². The summed E-state index contributed by atoms with van der Waals surface area (Å²) < 4.78 is 14.0. The molecule has 3 aromatic rings. The number of halogens is 1. The highest BCUT2D eigenvalue weighted by molar-refractivity contribution is 6.07. The highest BCUT2D eigenvalue weighted by Crippen LogP contribution is 2.30. The number of hydrogen-bond donors (Lipinski definition) is 2. The van der Waals surface area contributed by atoms with Gasteiger partial charge in [-0.2, -0.15) is 0 Å². The smallest absolute Gasteiger partial charge is 0.256 e. The van der Waals surface area contributed by atoms with E-state index in [9.17, 15) is 14.0 Å². The number of nitrogens with one attached hydrogen (secondary N) is 2.